The number of ether oxygens (including phenoxy) is 1. The van der Waals surface area contributed by atoms with Crippen molar-refractivity contribution in [3.63, 3.8) is 0 Å². The van der Waals surface area contributed by atoms with Gasteiger partial charge < -0.3 is 9.64 Å². The molecule has 2 aromatic heterocycles. The monoisotopic (exact) mass is 364 g/mol. The van der Waals surface area contributed by atoms with Crippen LogP contribution >= 0.6 is 0 Å². The minimum atomic E-state index is -0.452. The number of anilines is 1. The smallest absolute Gasteiger partial charge is 0.344 e. The molecule has 0 atom stereocenters. The zero-order valence-electron chi connectivity index (χ0n) is 15.5. The van der Waals surface area contributed by atoms with Gasteiger partial charge in [-0.25, -0.2) is 9.78 Å². The number of hydrogen-bond donors (Lipinski definition) is 0. The quantitative estimate of drug-likeness (QED) is 0.527. The van der Waals surface area contributed by atoms with Crippen LogP contribution in [0.2, 0.25) is 0 Å². The SMILES string of the molecule is Cc1cc(C(=O)Oc2ccc(N3CCCC3=O)cc2)c2c(C)nn(C)c2n1. The first kappa shape index (κ1) is 17.2. The lowest BCUT2D eigenvalue weighted by atomic mass is 10.1. The predicted octanol–water partition coefficient (Wildman–Crippen LogP) is 2.93. The number of carbonyl (C=O) groups excluding carboxylic acids is 2. The summed E-state index contributed by atoms with van der Waals surface area (Å²) in [5.74, 6) is 0.104. The highest BCUT2D eigenvalue weighted by Gasteiger charge is 2.22. The number of esters is 1. The van der Waals surface area contributed by atoms with Crippen molar-refractivity contribution in [1.29, 1.82) is 0 Å². The van der Waals surface area contributed by atoms with Crippen LogP contribution in [-0.4, -0.2) is 33.2 Å². The highest BCUT2D eigenvalue weighted by molar-refractivity contribution is 6.04. The third kappa shape index (κ3) is 3.05. The molecule has 3 aromatic rings. The molecular formula is C20H20N4O3. The standard InChI is InChI=1S/C20H20N4O3/c1-12-11-16(18-13(2)22-23(3)19(18)21-12)20(26)27-15-8-6-14(7-9-15)24-10-4-5-17(24)25/h6-9,11H,4-5,10H2,1-3H3. The van der Waals surface area contributed by atoms with Crippen molar-refractivity contribution < 1.29 is 14.3 Å². The molecule has 0 saturated carbocycles. The van der Waals surface area contributed by atoms with Crippen LogP contribution in [0.3, 0.4) is 0 Å². The number of aryl methyl sites for hydroxylation is 3. The summed E-state index contributed by atoms with van der Waals surface area (Å²) in [6.45, 7) is 4.41. The maximum atomic E-state index is 12.8. The van der Waals surface area contributed by atoms with Gasteiger partial charge in [-0.15, -0.1) is 0 Å². The second kappa shape index (κ2) is 6.50. The minimum absolute atomic E-state index is 0.126. The molecule has 0 aliphatic carbocycles. The Bertz CT molecular complexity index is 1050. The topological polar surface area (TPSA) is 77.3 Å². The van der Waals surface area contributed by atoms with Crippen LogP contribution in [0, 0.1) is 13.8 Å². The molecule has 1 saturated heterocycles. The summed E-state index contributed by atoms with van der Waals surface area (Å²) >= 11 is 0. The van der Waals surface area contributed by atoms with Crippen molar-refractivity contribution in [2.45, 2.75) is 26.7 Å². The van der Waals surface area contributed by atoms with Crippen LogP contribution in [-0.2, 0) is 11.8 Å². The number of amides is 1. The number of rotatable bonds is 3. The van der Waals surface area contributed by atoms with Crippen LogP contribution < -0.4 is 9.64 Å². The van der Waals surface area contributed by atoms with Gasteiger partial charge in [-0.3, -0.25) is 9.48 Å². The Kier molecular flexibility index (Phi) is 4.14. The first-order valence-electron chi connectivity index (χ1n) is 8.87. The van der Waals surface area contributed by atoms with Gasteiger partial charge in [0.25, 0.3) is 0 Å². The molecule has 1 aliphatic rings. The van der Waals surface area contributed by atoms with Crippen molar-refractivity contribution >= 4 is 28.6 Å². The summed E-state index contributed by atoms with van der Waals surface area (Å²) in [4.78, 5) is 30.8. The lowest BCUT2D eigenvalue weighted by molar-refractivity contribution is -0.117. The van der Waals surface area contributed by atoms with Crippen LogP contribution in [0.5, 0.6) is 5.75 Å². The Morgan fingerprint density at radius 2 is 1.93 bits per heavy atom. The predicted molar refractivity (Wildman–Crippen MR) is 101 cm³/mol. The van der Waals surface area contributed by atoms with E-state index in [1.165, 1.54) is 0 Å². The molecule has 0 bridgehead atoms. The average Bonchev–Trinajstić information content (AvgIpc) is 3.18. The summed E-state index contributed by atoms with van der Waals surface area (Å²) in [6.07, 6.45) is 1.45. The Balaban J connectivity index is 1.61. The minimum Gasteiger partial charge on any atom is -0.423 e. The third-order valence-electron chi connectivity index (χ3n) is 4.75. The number of carbonyl (C=O) groups is 2. The molecule has 1 amide bonds. The maximum Gasteiger partial charge on any atom is 0.344 e. The zero-order valence-corrected chi connectivity index (χ0v) is 15.5. The third-order valence-corrected chi connectivity index (χ3v) is 4.75. The van der Waals surface area contributed by atoms with Gasteiger partial charge in [0.15, 0.2) is 5.65 Å². The number of hydrogen-bond acceptors (Lipinski definition) is 5. The van der Waals surface area contributed by atoms with Crippen molar-refractivity contribution in [3.8, 4) is 5.75 Å². The van der Waals surface area contributed by atoms with E-state index in [0.717, 1.165) is 30.0 Å². The number of aromatic nitrogens is 3. The molecule has 27 heavy (non-hydrogen) atoms. The fraction of sp³-hybridized carbons (Fsp3) is 0.300. The Morgan fingerprint density at radius 3 is 2.59 bits per heavy atom. The van der Waals surface area contributed by atoms with E-state index in [-0.39, 0.29) is 5.91 Å². The molecule has 1 aliphatic heterocycles. The van der Waals surface area contributed by atoms with Gasteiger partial charge in [0, 0.05) is 31.4 Å². The summed E-state index contributed by atoms with van der Waals surface area (Å²) < 4.78 is 7.23. The highest BCUT2D eigenvalue weighted by Crippen LogP contribution is 2.26. The van der Waals surface area contributed by atoms with Gasteiger partial charge in [-0.1, -0.05) is 0 Å². The average molecular weight is 364 g/mol. The molecule has 3 heterocycles. The largest absolute Gasteiger partial charge is 0.423 e. The van der Waals surface area contributed by atoms with E-state index in [0.29, 0.717) is 28.8 Å². The second-order valence-electron chi connectivity index (χ2n) is 6.75. The van der Waals surface area contributed by atoms with Crippen molar-refractivity contribution in [1.82, 2.24) is 14.8 Å². The van der Waals surface area contributed by atoms with Crippen LogP contribution in [0.4, 0.5) is 5.69 Å². The van der Waals surface area contributed by atoms with E-state index in [1.807, 2.05) is 13.8 Å². The Hall–Kier alpha value is -3.22. The normalized spacial score (nSPS) is 14.2. The molecule has 7 heteroatoms. The van der Waals surface area contributed by atoms with E-state index in [4.69, 9.17) is 4.74 Å². The Morgan fingerprint density at radius 1 is 1.19 bits per heavy atom. The first-order chi connectivity index (χ1) is 12.9. The van der Waals surface area contributed by atoms with Crippen molar-refractivity contribution in [2.24, 2.45) is 7.05 Å². The highest BCUT2D eigenvalue weighted by atomic mass is 16.5. The van der Waals surface area contributed by atoms with Gasteiger partial charge in [0.1, 0.15) is 5.75 Å². The fourth-order valence-electron chi connectivity index (χ4n) is 3.51. The zero-order chi connectivity index (χ0) is 19.1. The molecule has 0 unspecified atom stereocenters. The molecule has 138 valence electrons. The van der Waals surface area contributed by atoms with Crippen molar-refractivity contribution in [2.75, 3.05) is 11.4 Å². The summed E-state index contributed by atoms with van der Waals surface area (Å²) in [5, 5.41) is 5.05. The molecular weight excluding hydrogens is 344 g/mol. The summed E-state index contributed by atoms with van der Waals surface area (Å²) in [6, 6.07) is 8.74. The van der Waals surface area contributed by atoms with E-state index >= 15 is 0 Å². The number of benzene rings is 1. The maximum absolute atomic E-state index is 12.8. The number of pyridine rings is 1. The van der Waals surface area contributed by atoms with E-state index in [1.54, 1.807) is 47.0 Å². The molecule has 0 spiro atoms. The Labute approximate surface area is 156 Å². The molecule has 7 nitrogen and oxygen atoms in total. The van der Waals surface area contributed by atoms with E-state index < -0.39 is 5.97 Å². The fourth-order valence-corrected chi connectivity index (χ4v) is 3.51. The van der Waals surface area contributed by atoms with Gasteiger partial charge in [0.2, 0.25) is 5.91 Å². The summed E-state index contributed by atoms with van der Waals surface area (Å²) in [5.41, 5.74) is 3.38. The lowest BCUT2D eigenvalue weighted by Crippen LogP contribution is -2.23. The second-order valence-corrected chi connectivity index (χ2v) is 6.75. The molecule has 0 N–H and O–H groups in total. The lowest BCUT2D eigenvalue weighted by Gasteiger charge is -2.15. The molecule has 1 fully saturated rings. The molecule has 4 rings (SSSR count). The van der Waals surface area contributed by atoms with Crippen LogP contribution in [0.25, 0.3) is 11.0 Å². The van der Waals surface area contributed by atoms with Gasteiger partial charge >= 0.3 is 5.97 Å². The van der Waals surface area contributed by atoms with Crippen molar-refractivity contribution in [3.05, 3.63) is 47.3 Å². The number of nitrogens with zero attached hydrogens (tertiary/aromatic N) is 4. The molecule has 1 aromatic carbocycles. The van der Waals surface area contributed by atoms with E-state index in [9.17, 15) is 9.59 Å². The summed E-state index contributed by atoms with van der Waals surface area (Å²) in [7, 11) is 1.80. The van der Waals surface area contributed by atoms with Crippen LogP contribution in [0.1, 0.15) is 34.6 Å². The van der Waals surface area contributed by atoms with Gasteiger partial charge in [0.05, 0.1) is 16.6 Å². The molecule has 0 radical (unpaired) electrons. The van der Waals surface area contributed by atoms with Crippen LogP contribution in [0.15, 0.2) is 30.3 Å². The number of fused-ring (bicyclic) bond motifs is 1. The van der Waals surface area contributed by atoms with Gasteiger partial charge in [-0.2, -0.15) is 5.10 Å². The van der Waals surface area contributed by atoms with Gasteiger partial charge in [-0.05, 0) is 50.6 Å². The van der Waals surface area contributed by atoms with E-state index in [2.05, 4.69) is 10.1 Å². The first-order valence-corrected chi connectivity index (χ1v) is 8.87.